The predicted molar refractivity (Wildman–Crippen MR) is 113 cm³/mol. The lowest BCUT2D eigenvalue weighted by Gasteiger charge is -2.39. The maximum absolute atomic E-state index is 14.8. The van der Waals surface area contributed by atoms with Crippen molar-refractivity contribution in [3.8, 4) is 0 Å². The van der Waals surface area contributed by atoms with Gasteiger partial charge in [-0.25, -0.2) is 17.2 Å². The maximum atomic E-state index is 14.8. The van der Waals surface area contributed by atoms with Gasteiger partial charge in [-0.1, -0.05) is 0 Å². The Bertz CT molecular complexity index is 1330. The van der Waals surface area contributed by atoms with Gasteiger partial charge in [0.2, 0.25) is 0 Å². The summed E-state index contributed by atoms with van der Waals surface area (Å²) >= 11 is 0. The molecule has 0 heterocycles. The fraction of sp³-hybridized carbons (Fsp3) is 0.429. The molecule has 1 aliphatic carbocycles. The number of rotatable bonds is 7. The van der Waals surface area contributed by atoms with E-state index in [9.17, 15) is 52.0 Å². The smallest absolute Gasteiger partial charge is 0.255 e. The highest BCUT2D eigenvalue weighted by atomic mass is 32.2. The topological polar surface area (TPSA) is 89.5 Å². The molecule has 2 aromatic carbocycles. The van der Waals surface area contributed by atoms with Crippen molar-refractivity contribution in [3.63, 3.8) is 0 Å². The normalized spacial score (nSPS) is 21.7. The molecular formula is C21H19F8NO5S2. The summed E-state index contributed by atoms with van der Waals surface area (Å²) in [6.45, 7) is -1.91. The van der Waals surface area contributed by atoms with E-state index >= 15 is 0 Å². The number of benzene rings is 2. The van der Waals surface area contributed by atoms with Crippen molar-refractivity contribution < 1.29 is 56.1 Å². The molecule has 1 aliphatic rings. The zero-order chi connectivity index (χ0) is 27.9. The molecule has 0 bridgehead atoms. The van der Waals surface area contributed by atoms with Crippen LogP contribution < -0.4 is 4.72 Å². The third-order valence-corrected chi connectivity index (χ3v) is 9.45. The maximum Gasteiger partial charge on any atom is 0.416 e. The molecule has 2 aromatic rings. The molecule has 0 amide bonds. The van der Waals surface area contributed by atoms with E-state index in [1.165, 1.54) is 4.72 Å². The highest BCUT2D eigenvalue weighted by Gasteiger charge is 2.51. The zero-order valence-electron chi connectivity index (χ0n) is 18.5. The Kier molecular flexibility index (Phi) is 8.00. The van der Waals surface area contributed by atoms with Gasteiger partial charge >= 0.3 is 22.7 Å². The van der Waals surface area contributed by atoms with Crippen molar-refractivity contribution in [3.05, 3.63) is 65.2 Å². The van der Waals surface area contributed by atoms with Gasteiger partial charge < -0.3 is 0 Å². The van der Waals surface area contributed by atoms with Crippen LogP contribution in [0, 0.1) is 11.6 Å². The summed E-state index contributed by atoms with van der Waals surface area (Å²) < 4.78 is 159. The van der Waals surface area contributed by atoms with E-state index in [2.05, 4.69) is 0 Å². The molecule has 1 saturated carbocycles. The number of alkyl halides is 6. The van der Waals surface area contributed by atoms with E-state index in [1.807, 2.05) is 0 Å². The van der Waals surface area contributed by atoms with Crippen molar-refractivity contribution in [1.29, 1.82) is 0 Å². The molecule has 0 aromatic heterocycles. The molecule has 0 atom stereocenters. The van der Waals surface area contributed by atoms with Crippen molar-refractivity contribution in [2.45, 2.75) is 53.8 Å². The van der Waals surface area contributed by atoms with Crippen LogP contribution in [-0.4, -0.2) is 35.7 Å². The third-order valence-electron chi connectivity index (χ3n) is 5.88. The van der Waals surface area contributed by atoms with Crippen molar-refractivity contribution in [2.24, 2.45) is 0 Å². The van der Waals surface area contributed by atoms with Crippen LogP contribution in [0.1, 0.15) is 36.8 Å². The molecule has 0 unspecified atom stereocenters. The van der Waals surface area contributed by atoms with Crippen LogP contribution in [0.4, 0.5) is 35.1 Å². The molecule has 6 nitrogen and oxygen atoms in total. The minimum atomic E-state index is -4.90. The minimum Gasteiger partial charge on any atom is -0.255 e. The van der Waals surface area contributed by atoms with Gasteiger partial charge in [0, 0.05) is 5.56 Å². The quantitative estimate of drug-likeness (QED) is 0.465. The summed E-state index contributed by atoms with van der Waals surface area (Å²) in [6.07, 6.45) is -12.9. The lowest BCUT2D eigenvalue weighted by molar-refractivity contribution is -0.137. The summed E-state index contributed by atoms with van der Waals surface area (Å²) in [5.74, 6) is -2.13. The largest absolute Gasteiger partial charge is 0.416 e. The number of hydrogen-bond donors (Lipinski definition) is 1. The summed E-state index contributed by atoms with van der Waals surface area (Å²) in [5, 5.41) is 0. The van der Waals surface area contributed by atoms with Gasteiger partial charge in [-0.15, -0.1) is 0 Å². The fourth-order valence-corrected chi connectivity index (χ4v) is 7.24. The second-order valence-electron chi connectivity index (χ2n) is 8.33. The number of halogens is 8. The lowest BCUT2D eigenvalue weighted by atomic mass is 9.81. The Balaban J connectivity index is 1.97. The van der Waals surface area contributed by atoms with Gasteiger partial charge in [0.15, 0.2) is 9.84 Å². The van der Waals surface area contributed by atoms with Crippen LogP contribution in [0.25, 0.3) is 0 Å². The zero-order valence-corrected chi connectivity index (χ0v) is 20.2. The monoisotopic (exact) mass is 581 g/mol. The second-order valence-corrected chi connectivity index (χ2v) is 12.0. The van der Waals surface area contributed by atoms with Crippen LogP contribution in [0.3, 0.4) is 0 Å². The van der Waals surface area contributed by atoms with E-state index in [4.69, 9.17) is 4.18 Å². The number of nitrogens with one attached hydrogen (secondary N) is 1. The van der Waals surface area contributed by atoms with E-state index in [0.717, 1.165) is 6.07 Å². The summed E-state index contributed by atoms with van der Waals surface area (Å²) in [4.78, 5) is -0.622. The minimum absolute atomic E-state index is 0.428. The molecule has 0 radical (unpaired) electrons. The van der Waals surface area contributed by atoms with Crippen LogP contribution in [-0.2, 0) is 35.2 Å². The molecule has 1 fully saturated rings. The van der Waals surface area contributed by atoms with E-state index < -0.39 is 103 Å². The SMILES string of the molecule is O=S(=O)(NCC(F)(F)F)OC1CCC(c2cc(F)ccc2F)(S(=O)(=O)c2ccc(C(F)(F)F)cc2)CC1. The van der Waals surface area contributed by atoms with Crippen molar-refractivity contribution in [2.75, 3.05) is 6.54 Å². The van der Waals surface area contributed by atoms with Crippen LogP contribution >= 0.6 is 0 Å². The lowest BCUT2D eigenvalue weighted by Crippen LogP contribution is -2.44. The molecule has 3 rings (SSSR count). The van der Waals surface area contributed by atoms with Gasteiger partial charge in [-0.3, -0.25) is 4.18 Å². The van der Waals surface area contributed by atoms with Gasteiger partial charge in [0.05, 0.1) is 16.6 Å². The van der Waals surface area contributed by atoms with Crippen LogP contribution in [0.5, 0.6) is 0 Å². The Hall–Kier alpha value is -2.30. The van der Waals surface area contributed by atoms with E-state index in [1.54, 1.807) is 0 Å². The van der Waals surface area contributed by atoms with Gasteiger partial charge in [-0.05, 0) is 68.1 Å². The average Bonchev–Trinajstić information content (AvgIpc) is 2.79. The molecular weight excluding hydrogens is 562 g/mol. The van der Waals surface area contributed by atoms with Crippen molar-refractivity contribution >= 4 is 20.1 Å². The number of hydrogen-bond acceptors (Lipinski definition) is 5. The second kappa shape index (κ2) is 10.1. The van der Waals surface area contributed by atoms with E-state index in [0.29, 0.717) is 36.4 Å². The molecule has 16 heteroatoms. The summed E-state index contributed by atoms with van der Waals surface area (Å²) in [6, 6.07) is 4.39. The standard InChI is InChI=1S/C21H19F8NO5S2/c22-14-3-6-18(23)17(11-14)19(36(31,32)16-4-1-13(2-5-16)21(27,28)29)9-7-15(8-10-19)35-37(33,34)30-12-20(24,25)26/h1-6,11,15,30H,7-10,12H2. The fourth-order valence-electron chi connectivity index (χ4n) is 4.12. The molecule has 1 N–H and O–H groups in total. The van der Waals surface area contributed by atoms with Gasteiger partial charge in [-0.2, -0.15) is 39.5 Å². The molecule has 0 aliphatic heterocycles. The predicted octanol–water partition coefficient (Wildman–Crippen LogP) is 5.01. The molecule has 0 saturated heterocycles. The highest BCUT2D eigenvalue weighted by Crippen LogP contribution is 2.48. The van der Waals surface area contributed by atoms with Gasteiger partial charge in [0.25, 0.3) is 0 Å². The Morgan fingerprint density at radius 2 is 1.46 bits per heavy atom. The van der Waals surface area contributed by atoms with Crippen molar-refractivity contribution in [1.82, 2.24) is 4.72 Å². The molecule has 37 heavy (non-hydrogen) atoms. The molecule has 0 spiro atoms. The Labute approximate surface area is 206 Å². The first-order chi connectivity index (χ1) is 16.9. The average molecular weight is 582 g/mol. The molecule has 206 valence electrons. The van der Waals surface area contributed by atoms with Crippen LogP contribution in [0.15, 0.2) is 47.4 Å². The first-order valence-electron chi connectivity index (χ1n) is 10.5. The third kappa shape index (κ3) is 6.59. The Morgan fingerprint density at radius 1 is 0.892 bits per heavy atom. The Morgan fingerprint density at radius 3 is 1.97 bits per heavy atom. The first kappa shape index (κ1) is 29.3. The number of sulfone groups is 1. The highest BCUT2D eigenvalue weighted by molar-refractivity contribution is 7.92. The summed E-state index contributed by atoms with van der Waals surface area (Å²) in [5.41, 5.74) is -1.77. The summed E-state index contributed by atoms with van der Waals surface area (Å²) in [7, 11) is -9.62. The van der Waals surface area contributed by atoms with Crippen LogP contribution in [0.2, 0.25) is 0 Å². The first-order valence-corrected chi connectivity index (χ1v) is 13.4. The van der Waals surface area contributed by atoms with E-state index in [-0.39, 0.29) is 0 Å². The van der Waals surface area contributed by atoms with Gasteiger partial charge in [0.1, 0.15) is 22.9 Å².